The van der Waals surface area contributed by atoms with E-state index in [0.29, 0.717) is 64.2 Å². The summed E-state index contributed by atoms with van der Waals surface area (Å²) in [6, 6.07) is 5.71. The zero-order valence-electron chi connectivity index (χ0n) is 19.7. The Balaban J connectivity index is 1.59. The summed E-state index contributed by atoms with van der Waals surface area (Å²) in [4.78, 5) is 29.1. The maximum absolute atomic E-state index is 14.0. The fraction of sp³-hybridized carbons (Fsp3) is 0.625. The van der Waals surface area contributed by atoms with Crippen molar-refractivity contribution >= 4 is 12.0 Å². The van der Waals surface area contributed by atoms with Crippen LogP contribution in [0.1, 0.15) is 38.7 Å². The molecule has 2 amide bonds. The summed E-state index contributed by atoms with van der Waals surface area (Å²) in [5, 5.41) is 12.7. The Hall–Kier alpha value is -2.77. The highest BCUT2D eigenvalue weighted by Gasteiger charge is 2.39. The van der Waals surface area contributed by atoms with Gasteiger partial charge >= 0.3 is 6.09 Å². The molecule has 0 saturated carbocycles. The Kier molecular flexibility index (Phi) is 8.80. The van der Waals surface area contributed by atoms with Gasteiger partial charge in [-0.25, -0.2) is 13.6 Å². The lowest BCUT2D eigenvalue weighted by Crippen LogP contribution is -2.57. The van der Waals surface area contributed by atoms with Crippen LogP contribution in [0.4, 0.5) is 13.6 Å². The fourth-order valence-corrected chi connectivity index (χ4v) is 4.14. The number of carbonyl (C=O) groups excluding carboxylic acids is 2. The number of piperidine rings is 1. The Morgan fingerprint density at radius 1 is 1.21 bits per heavy atom. The van der Waals surface area contributed by atoms with Gasteiger partial charge in [0.25, 0.3) is 5.91 Å². The second kappa shape index (κ2) is 11.6. The van der Waals surface area contributed by atoms with E-state index in [1.807, 2.05) is 18.7 Å². The maximum Gasteiger partial charge on any atom is 0.410 e. The van der Waals surface area contributed by atoms with Crippen molar-refractivity contribution in [3.05, 3.63) is 35.4 Å². The Morgan fingerprint density at radius 2 is 1.88 bits per heavy atom. The molecule has 2 aliphatic rings. The number of ether oxygens (including phenoxy) is 2. The molecule has 1 aromatic carbocycles. The standard InChI is InChI=1S/C24H32F2N4O4/c1-17(2)13-21(34-23(32)30-9-11-33-12-10-30)22(31)28-24(16-27)5-7-29(8-6-24)15-18-3-4-19(25)14-20(18)26/h3-4,14,17,21H,5-13,15H2,1-2H3,(H,28,31). The first-order chi connectivity index (χ1) is 16.2. The summed E-state index contributed by atoms with van der Waals surface area (Å²) in [7, 11) is 0. The number of halogens is 2. The molecule has 0 bridgehead atoms. The van der Waals surface area contributed by atoms with E-state index < -0.39 is 35.3 Å². The van der Waals surface area contributed by atoms with Gasteiger partial charge in [-0.15, -0.1) is 0 Å². The van der Waals surface area contributed by atoms with Gasteiger partial charge in [-0.2, -0.15) is 5.26 Å². The smallest absolute Gasteiger partial charge is 0.410 e. The van der Waals surface area contributed by atoms with Crippen molar-refractivity contribution in [1.29, 1.82) is 5.26 Å². The first-order valence-corrected chi connectivity index (χ1v) is 11.6. The van der Waals surface area contributed by atoms with E-state index in [0.717, 1.165) is 6.07 Å². The van der Waals surface area contributed by atoms with E-state index in [1.54, 1.807) is 0 Å². The van der Waals surface area contributed by atoms with E-state index in [2.05, 4.69) is 11.4 Å². The van der Waals surface area contributed by atoms with Crippen molar-refractivity contribution in [3.63, 3.8) is 0 Å². The van der Waals surface area contributed by atoms with Gasteiger partial charge in [0, 0.05) is 44.4 Å². The highest BCUT2D eigenvalue weighted by molar-refractivity contribution is 5.84. The van der Waals surface area contributed by atoms with Crippen molar-refractivity contribution in [2.24, 2.45) is 5.92 Å². The highest BCUT2D eigenvalue weighted by Crippen LogP contribution is 2.25. The number of nitriles is 1. The lowest BCUT2D eigenvalue weighted by Gasteiger charge is -2.38. The zero-order valence-corrected chi connectivity index (χ0v) is 19.7. The Labute approximate surface area is 198 Å². The van der Waals surface area contributed by atoms with Crippen LogP contribution in [-0.4, -0.2) is 72.8 Å². The van der Waals surface area contributed by atoms with E-state index >= 15 is 0 Å². The fourth-order valence-electron chi connectivity index (χ4n) is 4.14. The number of nitrogens with one attached hydrogen (secondary N) is 1. The summed E-state index contributed by atoms with van der Waals surface area (Å²) >= 11 is 0. The molecular weight excluding hydrogens is 446 g/mol. The molecule has 0 radical (unpaired) electrons. The van der Waals surface area contributed by atoms with Gasteiger partial charge in [0.15, 0.2) is 6.10 Å². The predicted molar refractivity (Wildman–Crippen MR) is 119 cm³/mol. The molecule has 0 aromatic heterocycles. The van der Waals surface area contributed by atoms with Gasteiger partial charge in [-0.05, 0) is 31.2 Å². The molecular formula is C24H32F2N4O4. The van der Waals surface area contributed by atoms with Crippen LogP contribution in [0.25, 0.3) is 0 Å². The predicted octanol–water partition coefficient (Wildman–Crippen LogP) is 2.82. The van der Waals surface area contributed by atoms with Crippen molar-refractivity contribution in [2.75, 3.05) is 39.4 Å². The van der Waals surface area contributed by atoms with E-state index in [4.69, 9.17) is 9.47 Å². The maximum atomic E-state index is 14.0. The van der Waals surface area contributed by atoms with Crippen molar-refractivity contribution in [2.45, 2.75) is 51.3 Å². The molecule has 2 heterocycles. The number of nitrogens with zero attached hydrogens (tertiary/aromatic N) is 3. The summed E-state index contributed by atoms with van der Waals surface area (Å²) in [6.45, 7) is 6.70. The molecule has 2 saturated heterocycles. The highest BCUT2D eigenvalue weighted by atomic mass is 19.1. The van der Waals surface area contributed by atoms with Crippen LogP contribution in [0, 0.1) is 28.9 Å². The second-order valence-electron chi connectivity index (χ2n) is 9.30. The number of benzene rings is 1. The van der Waals surface area contributed by atoms with Crippen molar-refractivity contribution in [3.8, 4) is 6.07 Å². The summed E-state index contributed by atoms with van der Waals surface area (Å²) < 4.78 is 37.9. The molecule has 2 fully saturated rings. The average Bonchev–Trinajstić information content (AvgIpc) is 2.82. The number of likely N-dealkylation sites (tertiary alicyclic amines) is 1. The van der Waals surface area contributed by atoms with Crippen LogP contribution in [0.15, 0.2) is 18.2 Å². The molecule has 10 heteroatoms. The minimum atomic E-state index is -1.10. The minimum absolute atomic E-state index is 0.0960. The SMILES string of the molecule is CC(C)CC(OC(=O)N1CCOCC1)C(=O)NC1(C#N)CCN(Cc2ccc(F)cc2F)CC1. The average molecular weight is 479 g/mol. The van der Waals surface area contributed by atoms with E-state index in [-0.39, 0.29) is 12.5 Å². The van der Waals surface area contributed by atoms with Gasteiger partial charge in [-0.1, -0.05) is 19.9 Å². The van der Waals surface area contributed by atoms with E-state index in [9.17, 15) is 23.6 Å². The number of morpholine rings is 1. The lowest BCUT2D eigenvalue weighted by molar-refractivity contribution is -0.133. The Bertz CT molecular complexity index is 907. The third-order valence-corrected chi connectivity index (χ3v) is 6.19. The van der Waals surface area contributed by atoms with Crippen LogP contribution in [0.5, 0.6) is 0 Å². The molecule has 1 aromatic rings. The number of amides is 2. The molecule has 8 nitrogen and oxygen atoms in total. The second-order valence-corrected chi connectivity index (χ2v) is 9.30. The van der Waals surface area contributed by atoms with E-state index in [1.165, 1.54) is 17.0 Å². The number of hydrogen-bond donors (Lipinski definition) is 1. The molecule has 0 spiro atoms. The third-order valence-electron chi connectivity index (χ3n) is 6.19. The van der Waals surface area contributed by atoms with Crippen LogP contribution >= 0.6 is 0 Å². The monoisotopic (exact) mass is 478 g/mol. The van der Waals surface area contributed by atoms with Crippen molar-refractivity contribution in [1.82, 2.24) is 15.1 Å². The normalized spacial score (nSPS) is 19.4. The van der Waals surface area contributed by atoms with Crippen LogP contribution in [0.3, 0.4) is 0 Å². The van der Waals surface area contributed by atoms with Gasteiger partial charge < -0.3 is 19.7 Å². The quantitative estimate of drug-likeness (QED) is 0.648. The molecule has 1 N–H and O–H groups in total. The van der Waals surface area contributed by atoms with Crippen LogP contribution in [-0.2, 0) is 20.8 Å². The van der Waals surface area contributed by atoms with Gasteiger partial charge in [0.2, 0.25) is 0 Å². The van der Waals surface area contributed by atoms with Gasteiger partial charge in [-0.3, -0.25) is 9.69 Å². The molecule has 1 unspecified atom stereocenters. The molecule has 186 valence electrons. The molecule has 3 rings (SSSR count). The Morgan fingerprint density at radius 3 is 2.47 bits per heavy atom. The topological polar surface area (TPSA) is 94.9 Å². The molecule has 0 aliphatic carbocycles. The lowest BCUT2D eigenvalue weighted by atomic mass is 9.88. The summed E-state index contributed by atoms with van der Waals surface area (Å²) in [6.07, 6.45) is -0.564. The number of rotatable bonds is 7. The summed E-state index contributed by atoms with van der Waals surface area (Å²) in [5.41, 5.74) is -0.725. The zero-order chi connectivity index (χ0) is 24.7. The van der Waals surface area contributed by atoms with Crippen LogP contribution < -0.4 is 5.32 Å². The number of hydrogen-bond acceptors (Lipinski definition) is 6. The molecule has 2 aliphatic heterocycles. The first kappa shape index (κ1) is 25.8. The van der Waals surface area contributed by atoms with Crippen LogP contribution in [0.2, 0.25) is 0 Å². The molecule has 34 heavy (non-hydrogen) atoms. The van der Waals surface area contributed by atoms with Crippen molar-refractivity contribution < 1.29 is 27.8 Å². The summed E-state index contributed by atoms with van der Waals surface area (Å²) in [5.74, 6) is -1.63. The number of carbonyl (C=O) groups is 2. The van der Waals surface area contributed by atoms with Gasteiger partial charge in [0.1, 0.15) is 17.2 Å². The molecule has 1 atom stereocenters. The minimum Gasteiger partial charge on any atom is -0.436 e. The third kappa shape index (κ3) is 6.87. The largest absolute Gasteiger partial charge is 0.436 e. The first-order valence-electron chi connectivity index (χ1n) is 11.6. The van der Waals surface area contributed by atoms with Gasteiger partial charge in [0.05, 0.1) is 19.3 Å².